The van der Waals surface area contributed by atoms with Gasteiger partial charge in [0, 0.05) is 28.9 Å². The highest BCUT2D eigenvalue weighted by Gasteiger charge is 2.30. The van der Waals surface area contributed by atoms with Crippen LogP contribution in [0.1, 0.15) is 25.7 Å². The zero-order valence-electron chi connectivity index (χ0n) is 27.8. The van der Waals surface area contributed by atoms with E-state index >= 15 is 0 Å². The van der Waals surface area contributed by atoms with Gasteiger partial charge in [-0.1, -0.05) is 59.9 Å². The first-order valence-corrected chi connectivity index (χ1v) is 24.9. The van der Waals surface area contributed by atoms with Crippen molar-refractivity contribution in [1.29, 1.82) is 0 Å². The summed E-state index contributed by atoms with van der Waals surface area (Å²) in [5, 5.41) is 3.97. The number of hydrogen-bond acceptors (Lipinski definition) is 17. The maximum atomic E-state index is 5.95. The molecule has 8 nitrogen and oxygen atoms in total. The third kappa shape index (κ3) is 15.4. The van der Waals surface area contributed by atoms with E-state index in [1.165, 1.54) is 44.7 Å². The van der Waals surface area contributed by atoms with Crippen LogP contribution in [-0.2, 0) is 28.4 Å². The van der Waals surface area contributed by atoms with Crippen LogP contribution >= 0.6 is 105 Å². The Morgan fingerprint density at radius 2 is 1.22 bits per heavy atom. The highest BCUT2D eigenvalue weighted by atomic mass is 32.3. The zero-order chi connectivity index (χ0) is 33.8. The Balaban J connectivity index is 1.03. The Hall–Kier alpha value is 1.08. The van der Waals surface area contributed by atoms with Gasteiger partial charge in [-0.2, -0.15) is 0 Å². The molecule has 0 aliphatic carbocycles. The van der Waals surface area contributed by atoms with Crippen LogP contribution in [0.25, 0.3) is 0 Å². The molecule has 0 fully saturated rings. The summed E-state index contributed by atoms with van der Waals surface area (Å²) >= 11 is 17.1. The van der Waals surface area contributed by atoms with Crippen molar-refractivity contribution < 1.29 is 37.9 Å². The van der Waals surface area contributed by atoms with Crippen LogP contribution in [0.5, 0.6) is 11.5 Å². The van der Waals surface area contributed by atoms with Crippen LogP contribution in [0.4, 0.5) is 0 Å². The van der Waals surface area contributed by atoms with Crippen molar-refractivity contribution in [3.63, 3.8) is 0 Å². The quantitative estimate of drug-likeness (QED) is 0.199. The fraction of sp³-hybridized carbons (Fsp3) is 0.688. The van der Waals surface area contributed by atoms with Crippen molar-refractivity contribution in [2.45, 2.75) is 31.8 Å². The topological polar surface area (TPSA) is 73.8 Å². The van der Waals surface area contributed by atoms with E-state index < -0.39 is 0 Å². The van der Waals surface area contributed by atoms with E-state index in [0.29, 0.717) is 79.3 Å². The van der Waals surface area contributed by atoms with Crippen molar-refractivity contribution >= 4 is 105 Å². The number of unbranched alkanes of at least 4 members (excludes halogenated alkanes) is 3. The minimum atomic E-state index is -0.0191. The average molecular weight is 847 g/mol. The van der Waals surface area contributed by atoms with E-state index in [1.54, 1.807) is 11.3 Å². The first kappa shape index (κ1) is 41.2. The SMILES string of the molecule is CSC1=C2SCCOCCOCCOCCOCCOCCSC3=C(SCCCCCCOCC4COc5cscc5O4)SC(=C(S1)S2)S3. The molecule has 1 aromatic heterocycles. The van der Waals surface area contributed by atoms with E-state index in [2.05, 4.69) is 6.26 Å². The van der Waals surface area contributed by atoms with Crippen LogP contribution in [0.2, 0.25) is 0 Å². The molecule has 0 amide bonds. The zero-order valence-corrected chi connectivity index (χ0v) is 35.2. The van der Waals surface area contributed by atoms with Gasteiger partial charge in [0.2, 0.25) is 0 Å². The molecule has 1 unspecified atom stereocenters. The lowest BCUT2D eigenvalue weighted by atomic mass is 10.2. The molecule has 17 heteroatoms. The van der Waals surface area contributed by atoms with Gasteiger partial charge in [-0.05, 0) is 24.9 Å². The molecule has 0 saturated carbocycles. The summed E-state index contributed by atoms with van der Waals surface area (Å²) < 4.78 is 54.6. The van der Waals surface area contributed by atoms with Crippen LogP contribution in [0.15, 0.2) is 36.2 Å². The maximum absolute atomic E-state index is 5.95. The Bertz CT molecular complexity index is 1210. The normalized spacial score (nSPS) is 22.8. The van der Waals surface area contributed by atoms with E-state index in [1.807, 2.05) is 105 Å². The van der Waals surface area contributed by atoms with Gasteiger partial charge in [0.1, 0.15) is 6.61 Å². The average Bonchev–Trinajstić information content (AvgIpc) is 3.86. The molecule has 0 spiro atoms. The van der Waals surface area contributed by atoms with E-state index in [9.17, 15) is 0 Å². The smallest absolute Gasteiger partial charge is 0.172 e. The lowest BCUT2D eigenvalue weighted by Crippen LogP contribution is -2.33. The summed E-state index contributed by atoms with van der Waals surface area (Å²) in [5.74, 6) is 4.70. The van der Waals surface area contributed by atoms with Crippen molar-refractivity contribution in [1.82, 2.24) is 0 Å². The van der Waals surface area contributed by atoms with Crippen molar-refractivity contribution in [2.75, 3.05) is 109 Å². The highest BCUT2D eigenvalue weighted by molar-refractivity contribution is 8.45. The molecule has 5 heterocycles. The standard InChI is InChI=1S/C32H46O8S9/c1-41-27-28-44-18-15-36-13-11-34-9-7-33-8-10-35-12-14-37-16-19-45-30-29(48-32(49-30)31(46-27)47-28)43-17-5-3-2-4-6-38-20-24-21-39-25-22-42-23-26(25)40-24/h22-24H,2-21H2,1H3. The molecular formula is C32H46O8S9. The number of fused-ring (bicyclic) bond motifs is 5. The molecule has 1 atom stereocenters. The minimum Gasteiger partial charge on any atom is -0.485 e. The lowest BCUT2D eigenvalue weighted by Gasteiger charge is -2.24. The molecule has 4 aliphatic rings. The Morgan fingerprint density at radius 3 is 1.88 bits per heavy atom. The predicted octanol–water partition coefficient (Wildman–Crippen LogP) is 9.46. The number of rotatable bonds is 11. The largest absolute Gasteiger partial charge is 0.485 e. The van der Waals surface area contributed by atoms with Crippen LogP contribution < -0.4 is 9.47 Å². The van der Waals surface area contributed by atoms with Crippen LogP contribution in [-0.4, -0.2) is 116 Å². The number of ether oxygens (including phenoxy) is 8. The molecule has 4 aliphatic heterocycles. The number of hydrogen-bond donors (Lipinski definition) is 0. The van der Waals surface area contributed by atoms with Gasteiger partial charge >= 0.3 is 0 Å². The summed E-state index contributed by atoms with van der Waals surface area (Å²) in [4.78, 5) is 0. The van der Waals surface area contributed by atoms with Crippen LogP contribution in [0, 0.1) is 0 Å². The lowest BCUT2D eigenvalue weighted by molar-refractivity contribution is -0.00902. The van der Waals surface area contributed by atoms with Gasteiger partial charge in [-0.25, -0.2) is 0 Å². The Kier molecular flexibility index (Phi) is 21.2. The van der Waals surface area contributed by atoms with Gasteiger partial charge in [0.05, 0.1) is 98.1 Å². The molecular weight excluding hydrogens is 801 g/mol. The van der Waals surface area contributed by atoms with Crippen molar-refractivity contribution in [2.24, 2.45) is 0 Å². The second kappa shape index (κ2) is 25.2. The van der Waals surface area contributed by atoms with E-state index in [0.717, 1.165) is 41.8 Å². The molecule has 5 rings (SSSR count). The first-order chi connectivity index (χ1) is 24.3. The van der Waals surface area contributed by atoms with E-state index in [-0.39, 0.29) is 6.10 Å². The molecule has 276 valence electrons. The summed E-state index contributed by atoms with van der Waals surface area (Å²) in [6, 6.07) is 0. The minimum absolute atomic E-state index is 0.0191. The summed E-state index contributed by atoms with van der Waals surface area (Å²) in [7, 11) is 0. The van der Waals surface area contributed by atoms with Crippen molar-refractivity contribution in [3.05, 3.63) is 36.2 Å². The van der Waals surface area contributed by atoms with Gasteiger partial charge in [-0.3, -0.25) is 0 Å². The monoisotopic (exact) mass is 846 g/mol. The third-order valence-electron chi connectivity index (χ3n) is 6.87. The summed E-state index contributed by atoms with van der Waals surface area (Å²) in [6.07, 6.45) is 6.83. The second-order valence-corrected chi connectivity index (χ2v) is 21.1. The fourth-order valence-electron chi connectivity index (χ4n) is 4.45. The Morgan fingerprint density at radius 1 is 0.653 bits per heavy atom. The summed E-state index contributed by atoms with van der Waals surface area (Å²) in [5.41, 5.74) is 0. The number of thiophene rings is 1. The van der Waals surface area contributed by atoms with Gasteiger partial charge in [0.25, 0.3) is 0 Å². The highest BCUT2D eigenvalue weighted by Crippen LogP contribution is 2.66. The molecule has 49 heavy (non-hydrogen) atoms. The summed E-state index contributed by atoms with van der Waals surface area (Å²) in [6.45, 7) is 7.98. The molecule has 0 N–H and O–H groups in total. The van der Waals surface area contributed by atoms with Gasteiger partial charge < -0.3 is 37.9 Å². The predicted molar refractivity (Wildman–Crippen MR) is 220 cm³/mol. The molecule has 0 radical (unpaired) electrons. The molecule has 0 aromatic carbocycles. The van der Waals surface area contributed by atoms with Crippen LogP contribution in [0.3, 0.4) is 0 Å². The van der Waals surface area contributed by atoms with Gasteiger partial charge in [-0.15, -0.1) is 58.4 Å². The Labute approximate surface area is 329 Å². The van der Waals surface area contributed by atoms with E-state index in [4.69, 9.17) is 37.9 Å². The second-order valence-electron chi connectivity index (χ2n) is 10.6. The van der Waals surface area contributed by atoms with Gasteiger partial charge in [0.15, 0.2) is 17.6 Å². The molecule has 0 saturated heterocycles. The maximum Gasteiger partial charge on any atom is 0.172 e. The molecule has 1 aromatic rings. The fourth-order valence-corrected chi connectivity index (χ4v) is 16.6. The molecule has 4 bridgehead atoms. The third-order valence-corrected chi connectivity index (χ3v) is 19.0. The number of thioether (sulfide) groups is 8. The van der Waals surface area contributed by atoms with Crippen molar-refractivity contribution in [3.8, 4) is 11.5 Å². The first-order valence-electron chi connectivity index (χ1n) is 16.5.